The Balaban J connectivity index is 2.38. The number of hydrogen-bond donors (Lipinski definition) is 1. The Hall–Kier alpha value is -0.620. The number of urea groups is 1. The van der Waals surface area contributed by atoms with Crippen LogP contribution in [0.25, 0.3) is 0 Å². The van der Waals surface area contributed by atoms with Crippen LogP contribution in [0.5, 0.6) is 0 Å². The van der Waals surface area contributed by atoms with Crippen LogP contribution in [0.4, 0.5) is 4.79 Å². The van der Waals surface area contributed by atoms with Crippen LogP contribution in [0.15, 0.2) is 0 Å². The lowest BCUT2D eigenvalue weighted by Gasteiger charge is -2.39. The Bertz CT molecular complexity index is 368. The van der Waals surface area contributed by atoms with E-state index in [1.54, 1.807) is 4.90 Å². The van der Waals surface area contributed by atoms with E-state index < -0.39 is 10.8 Å². The van der Waals surface area contributed by atoms with Crippen molar-refractivity contribution < 1.29 is 13.7 Å². The van der Waals surface area contributed by atoms with E-state index >= 15 is 0 Å². The quantitative estimate of drug-likeness (QED) is 0.861. The predicted molar refractivity (Wildman–Crippen MR) is 82.4 cm³/mol. The smallest absolute Gasteiger partial charge is 0.317 e. The van der Waals surface area contributed by atoms with Crippen molar-refractivity contribution in [2.24, 2.45) is 0 Å². The van der Waals surface area contributed by atoms with Gasteiger partial charge in [-0.25, -0.2) is 4.79 Å². The first-order valence-electron chi connectivity index (χ1n) is 7.23. The van der Waals surface area contributed by atoms with E-state index in [1.165, 1.54) is 0 Å². The SMILES string of the molecule is CCC1(C)CN(C(=O)NCCS(=O)C(C)(C)C)CCO1. The molecule has 1 aliphatic heterocycles. The van der Waals surface area contributed by atoms with Crippen molar-refractivity contribution in [3.8, 4) is 0 Å². The van der Waals surface area contributed by atoms with Gasteiger partial charge in [0.15, 0.2) is 0 Å². The molecule has 1 heterocycles. The molecule has 0 saturated carbocycles. The second kappa shape index (κ2) is 6.89. The molecule has 2 unspecified atom stereocenters. The molecule has 1 aliphatic rings. The third kappa shape index (κ3) is 5.05. The molecule has 20 heavy (non-hydrogen) atoms. The number of morpholine rings is 1. The fourth-order valence-corrected chi connectivity index (χ4v) is 2.89. The molecule has 0 aliphatic carbocycles. The summed E-state index contributed by atoms with van der Waals surface area (Å²) in [6, 6.07) is -0.0844. The van der Waals surface area contributed by atoms with Gasteiger partial charge in [0.1, 0.15) is 0 Å². The molecule has 118 valence electrons. The first-order chi connectivity index (χ1) is 9.18. The van der Waals surface area contributed by atoms with Crippen LogP contribution in [0.2, 0.25) is 0 Å². The highest BCUT2D eigenvalue weighted by molar-refractivity contribution is 7.86. The van der Waals surface area contributed by atoms with Crippen molar-refractivity contribution in [3.63, 3.8) is 0 Å². The second-order valence-electron chi connectivity index (χ2n) is 6.47. The first kappa shape index (κ1) is 17.4. The summed E-state index contributed by atoms with van der Waals surface area (Å²) in [5, 5.41) is 2.86. The van der Waals surface area contributed by atoms with E-state index in [4.69, 9.17) is 4.74 Å². The zero-order chi connectivity index (χ0) is 15.4. The van der Waals surface area contributed by atoms with Gasteiger partial charge in [-0.15, -0.1) is 0 Å². The molecular formula is C14H28N2O3S. The standard InChI is InChI=1S/C14H28N2O3S/c1-6-14(5)11-16(8-9-19-14)12(17)15-7-10-20(18)13(2,3)4/h6-11H2,1-5H3,(H,15,17). The Morgan fingerprint density at radius 3 is 2.65 bits per heavy atom. The highest BCUT2D eigenvalue weighted by Crippen LogP contribution is 2.20. The number of carbonyl (C=O) groups excluding carboxylic acids is 1. The molecule has 1 N–H and O–H groups in total. The van der Waals surface area contributed by atoms with Crippen LogP contribution in [-0.2, 0) is 15.5 Å². The lowest BCUT2D eigenvalue weighted by molar-refractivity contribution is -0.0872. The summed E-state index contributed by atoms with van der Waals surface area (Å²) in [5.41, 5.74) is -0.246. The van der Waals surface area contributed by atoms with E-state index in [2.05, 4.69) is 12.2 Å². The van der Waals surface area contributed by atoms with Gasteiger partial charge in [-0.3, -0.25) is 4.21 Å². The van der Waals surface area contributed by atoms with E-state index in [0.717, 1.165) is 6.42 Å². The van der Waals surface area contributed by atoms with Gasteiger partial charge < -0.3 is 15.0 Å². The maximum absolute atomic E-state index is 12.1. The van der Waals surface area contributed by atoms with Crippen molar-refractivity contribution in [1.29, 1.82) is 0 Å². The number of hydrogen-bond acceptors (Lipinski definition) is 3. The Morgan fingerprint density at radius 1 is 1.45 bits per heavy atom. The lowest BCUT2D eigenvalue weighted by atomic mass is 10.0. The number of rotatable bonds is 4. The summed E-state index contributed by atoms with van der Waals surface area (Å²) in [7, 11) is -0.934. The normalized spacial score (nSPS) is 25.4. The minimum atomic E-state index is -0.934. The average molecular weight is 304 g/mol. The van der Waals surface area contributed by atoms with Crippen molar-refractivity contribution in [2.45, 2.75) is 51.4 Å². The maximum atomic E-state index is 12.1. The fourth-order valence-electron chi connectivity index (χ4n) is 1.99. The number of carbonyl (C=O) groups is 1. The molecule has 5 nitrogen and oxygen atoms in total. The van der Waals surface area contributed by atoms with Crippen LogP contribution < -0.4 is 5.32 Å². The van der Waals surface area contributed by atoms with Crippen LogP contribution >= 0.6 is 0 Å². The molecule has 1 saturated heterocycles. The first-order valence-corrected chi connectivity index (χ1v) is 8.55. The Kier molecular flexibility index (Phi) is 6.01. The topological polar surface area (TPSA) is 58.6 Å². The van der Waals surface area contributed by atoms with Crippen molar-refractivity contribution in [3.05, 3.63) is 0 Å². The average Bonchev–Trinajstić information content (AvgIpc) is 2.37. The van der Waals surface area contributed by atoms with Crippen LogP contribution in [0, 0.1) is 0 Å². The third-order valence-electron chi connectivity index (χ3n) is 3.62. The molecule has 0 aromatic heterocycles. The van der Waals surface area contributed by atoms with Gasteiger partial charge >= 0.3 is 6.03 Å². The van der Waals surface area contributed by atoms with Gasteiger partial charge in [-0.2, -0.15) is 0 Å². The highest BCUT2D eigenvalue weighted by atomic mass is 32.2. The monoisotopic (exact) mass is 304 g/mol. The van der Waals surface area contributed by atoms with E-state index in [9.17, 15) is 9.00 Å². The molecule has 0 aromatic rings. The van der Waals surface area contributed by atoms with Gasteiger partial charge in [-0.05, 0) is 34.1 Å². The molecule has 0 aromatic carbocycles. The van der Waals surface area contributed by atoms with Gasteiger partial charge in [0.25, 0.3) is 0 Å². The van der Waals surface area contributed by atoms with Crippen molar-refractivity contribution >= 4 is 16.8 Å². The van der Waals surface area contributed by atoms with E-state index in [0.29, 0.717) is 32.0 Å². The summed E-state index contributed by atoms with van der Waals surface area (Å²) in [5.74, 6) is 0.491. The zero-order valence-corrected chi connectivity index (χ0v) is 14.1. The predicted octanol–water partition coefficient (Wildman–Crippen LogP) is 1.74. The third-order valence-corrected chi connectivity index (χ3v) is 5.56. The summed E-state index contributed by atoms with van der Waals surface area (Å²) in [4.78, 5) is 13.9. The Labute approximate surface area is 124 Å². The molecule has 0 radical (unpaired) electrons. The van der Waals surface area contributed by atoms with Crippen molar-refractivity contribution in [2.75, 3.05) is 32.0 Å². The lowest BCUT2D eigenvalue weighted by Crippen LogP contribution is -2.54. The molecule has 2 amide bonds. The van der Waals surface area contributed by atoms with Crippen LogP contribution in [0.3, 0.4) is 0 Å². The van der Waals surface area contributed by atoms with Crippen LogP contribution in [0.1, 0.15) is 41.0 Å². The molecule has 2 atom stereocenters. The summed E-state index contributed by atoms with van der Waals surface area (Å²) < 4.78 is 17.4. The molecule has 1 fully saturated rings. The Morgan fingerprint density at radius 2 is 2.10 bits per heavy atom. The minimum absolute atomic E-state index is 0.0844. The van der Waals surface area contributed by atoms with E-state index in [-0.39, 0.29) is 16.4 Å². The number of amides is 2. The highest BCUT2D eigenvalue weighted by Gasteiger charge is 2.32. The minimum Gasteiger partial charge on any atom is -0.372 e. The fraction of sp³-hybridized carbons (Fsp3) is 0.929. The molecule has 0 spiro atoms. The van der Waals surface area contributed by atoms with Gasteiger partial charge in [-0.1, -0.05) is 6.92 Å². The number of nitrogens with one attached hydrogen (secondary N) is 1. The zero-order valence-electron chi connectivity index (χ0n) is 13.3. The number of ether oxygens (including phenoxy) is 1. The summed E-state index contributed by atoms with van der Waals surface area (Å²) in [6.45, 7) is 12.2. The second-order valence-corrected chi connectivity index (χ2v) is 8.79. The van der Waals surface area contributed by atoms with Gasteiger partial charge in [0.05, 0.1) is 18.8 Å². The number of nitrogens with zero attached hydrogens (tertiary/aromatic N) is 1. The van der Waals surface area contributed by atoms with E-state index in [1.807, 2.05) is 27.7 Å². The largest absolute Gasteiger partial charge is 0.372 e. The molecule has 1 rings (SSSR count). The molecular weight excluding hydrogens is 276 g/mol. The molecule has 0 bridgehead atoms. The van der Waals surface area contributed by atoms with Crippen LogP contribution in [-0.4, -0.2) is 57.5 Å². The van der Waals surface area contributed by atoms with Crippen molar-refractivity contribution in [1.82, 2.24) is 10.2 Å². The summed E-state index contributed by atoms with van der Waals surface area (Å²) in [6.07, 6.45) is 0.880. The maximum Gasteiger partial charge on any atom is 0.317 e. The molecule has 6 heteroatoms. The summed E-state index contributed by atoms with van der Waals surface area (Å²) >= 11 is 0. The van der Waals surface area contributed by atoms with Gasteiger partial charge in [0.2, 0.25) is 0 Å². The van der Waals surface area contributed by atoms with Gasteiger partial charge in [0, 0.05) is 34.4 Å².